The van der Waals surface area contributed by atoms with Crippen molar-refractivity contribution >= 4 is 17.4 Å². The first-order chi connectivity index (χ1) is 13.7. The molecule has 0 saturated carbocycles. The lowest BCUT2D eigenvalue weighted by atomic mass is 9.96. The number of anilines is 1. The molecule has 1 aliphatic heterocycles. The lowest BCUT2D eigenvalue weighted by molar-refractivity contribution is -0.125. The van der Waals surface area contributed by atoms with Crippen molar-refractivity contribution in [3.05, 3.63) is 42.4 Å². The largest absolute Gasteiger partial charge is 0.478 e. The normalized spacial score (nSPS) is 15.0. The van der Waals surface area contributed by atoms with Gasteiger partial charge in [-0.1, -0.05) is 6.07 Å². The third-order valence-electron chi connectivity index (χ3n) is 4.92. The molecule has 0 spiro atoms. The van der Waals surface area contributed by atoms with Gasteiger partial charge in [-0.3, -0.25) is 4.79 Å². The van der Waals surface area contributed by atoms with Crippen LogP contribution in [0.3, 0.4) is 0 Å². The number of carbonyl (C=O) groups excluding carboxylic acids is 1. The van der Waals surface area contributed by atoms with Crippen LogP contribution in [0.1, 0.15) is 25.3 Å². The van der Waals surface area contributed by atoms with E-state index in [4.69, 9.17) is 4.74 Å². The minimum absolute atomic E-state index is 0.00195. The molecule has 0 aromatic carbocycles. The van der Waals surface area contributed by atoms with Gasteiger partial charge in [0.05, 0.1) is 6.61 Å². The molecule has 4 heterocycles. The van der Waals surface area contributed by atoms with Gasteiger partial charge in [0, 0.05) is 37.3 Å². The number of aromatic nitrogens is 5. The molecule has 1 aliphatic rings. The molecule has 0 atom stereocenters. The monoisotopic (exact) mass is 381 g/mol. The number of ether oxygens (including phenoxy) is 1. The summed E-state index contributed by atoms with van der Waals surface area (Å²) in [6.07, 6.45) is 4.86. The molecular weight excluding hydrogens is 358 g/mol. The third kappa shape index (κ3) is 3.88. The van der Waals surface area contributed by atoms with Crippen LogP contribution in [-0.2, 0) is 11.3 Å². The van der Waals surface area contributed by atoms with Gasteiger partial charge in [0.15, 0.2) is 5.65 Å². The first-order valence-electron chi connectivity index (χ1n) is 9.51. The second-order valence-corrected chi connectivity index (χ2v) is 6.71. The van der Waals surface area contributed by atoms with Crippen LogP contribution in [0.2, 0.25) is 0 Å². The second-order valence-electron chi connectivity index (χ2n) is 6.71. The van der Waals surface area contributed by atoms with E-state index in [9.17, 15) is 4.79 Å². The maximum atomic E-state index is 12.6. The molecule has 0 unspecified atom stereocenters. The standard InChI is InChI=1S/C19H23N7O2/c1-2-28-19-15(4-3-9-20-19)12-21-18(27)14-7-10-25(11-8-14)17-6-5-16-23-22-13-26(16)24-17/h3-6,9,13-14H,2,7-8,10-12H2,1H3,(H,21,27). The maximum Gasteiger partial charge on any atom is 0.223 e. The summed E-state index contributed by atoms with van der Waals surface area (Å²) in [7, 11) is 0. The van der Waals surface area contributed by atoms with Crippen LogP contribution < -0.4 is 15.0 Å². The van der Waals surface area contributed by atoms with Crippen LogP contribution in [0, 0.1) is 5.92 Å². The van der Waals surface area contributed by atoms with Crippen LogP contribution in [0.15, 0.2) is 36.8 Å². The maximum absolute atomic E-state index is 12.6. The Balaban J connectivity index is 1.31. The van der Waals surface area contributed by atoms with E-state index in [-0.39, 0.29) is 11.8 Å². The molecule has 1 N–H and O–H groups in total. The van der Waals surface area contributed by atoms with Crippen LogP contribution in [0.5, 0.6) is 5.88 Å². The van der Waals surface area contributed by atoms with Crippen LogP contribution >= 0.6 is 0 Å². The smallest absolute Gasteiger partial charge is 0.223 e. The Labute approximate surface area is 162 Å². The van der Waals surface area contributed by atoms with Crippen molar-refractivity contribution in [3.63, 3.8) is 0 Å². The number of nitrogens with zero attached hydrogens (tertiary/aromatic N) is 6. The number of rotatable bonds is 6. The summed E-state index contributed by atoms with van der Waals surface area (Å²) in [5.41, 5.74) is 1.61. The van der Waals surface area contributed by atoms with Crippen molar-refractivity contribution in [2.45, 2.75) is 26.3 Å². The number of pyridine rings is 1. The number of nitrogens with one attached hydrogen (secondary N) is 1. The fourth-order valence-electron chi connectivity index (χ4n) is 3.41. The van der Waals surface area contributed by atoms with E-state index >= 15 is 0 Å². The highest BCUT2D eigenvalue weighted by Crippen LogP contribution is 2.22. The van der Waals surface area contributed by atoms with E-state index in [1.54, 1.807) is 17.0 Å². The summed E-state index contributed by atoms with van der Waals surface area (Å²) in [5.74, 6) is 1.54. The fourth-order valence-corrected chi connectivity index (χ4v) is 3.41. The molecule has 28 heavy (non-hydrogen) atoms. The lowest BCUT2D eigenvalue weighted by Gasteiger charge is -2.32. The average Bonchev–Trinajstić information content (AvgIpc) is 3.21. The predicted molar refractivity (Wildman–Crippen MR) is 103 cm³/mol. The Kier molecular flexibility index (Phi) is 5.31. The van der Waals surface area contributed by atoms with Gasteiger partial charge in [-0.15, -0.1) is 15.3 Å². The molecule has 1 amide bonds. The minimum Gasteiger partial charge on any atom is -0.478 e. The van der Waals surface area contributed by atoms with Crippen molar-refractivity contribution < 1.29 is 9.53 Å². The molecule has 3 aromatic heterocycles. The van der Waals surface area contributed by atoms with Crippen LogP contribution in [0.25, 0.3) is 5.65 Å². The highest BCUT2D eigenvalue weighted by Gasteiger charge is 2.26. The number of fused-ring (bicyclic) bond motifs is 1. The molecule has 0 aliphatic carbocycles. The van der Waals surface area contributed by atoms with Gasteiger partial charge in [0.2, 0.25) is 11.8 Å². The topological polar surface area (TPSA) is 97.5 Å². The average molecular weight is 381 g/mol. The zero-order chi connectivity index (χ0) is 19.3. The summed E-state index contributed by atoms with van der Waals surface area (Å²) < 4.78 is 7.18. The second kappa shape index (κ2) is 8.20. The van der Waals surface area contributed by atoms with Crippen LogP contribution in [0.4, 0.5) is 5.82 Å². The zero-order valence-electron chi connectivity index (χ0n) is 15.8. The van der Waals surface area contributed by atoms with Gasteiger partial charge in [0.1, 0.15) is 12.1 Å². The SMILES string of the molecule is CCOc1ncccc1CNC(=O)C1CCN(c2ccc3nncn3n2)CC1. The molecule has 146 valence electrons. The summed E-state index contributed by atoms with van der Waals surface area (Å²) >= 11 is 0. The van der Waals surface area contributed by atoms with E-state index in [1.165, 1.54) is 0 Å². The molecule has 0 radical (unpaired) electrons. The molecule has 1 saturated heterocycles. The number of hydrogen-bond acceptors (Lipinski definition) is 7. The molecule has 1 fully saturated rings. The Hall–Kier alpha value is -3.23. The molecule has 0 bridgehead atoms. The van der Waals surface area contributed by atoms with Gasteiger partial charge in [-0.05, 0) is 38.0 Å². The summed E-state index contributed by atoms with van der Waals surface area (Å²) in [5, 5.41) is 15.4. The first kappa shape index (κ1) is 18.1. The van der Waals surface area contributed by atoms with Crippen molar-refractivity contribution in [3.8, 4) is 5.88 Å². The van der Waals surface area contributed by atoms with E-state index in [0.717, 1.165) is 43.0 Å². The van der Waals surface area contributed by atoms with Crippen molar-refractivity contribution in [2.24, 2.45) is 5.92 Å². The number of carbonyl (C=O) groups is 1. The van der Waals surface area contributed by atoms with E-state index in [0.29, 0.717) is 19.0 Å². The predicted octanol–water partition coefficient (Wildman–Crippen LogP) is 1.45. The fraction of sp³-hybridized carbons (Fsp3) is 0.421. The number of amides is 1. The van der Waals surface area contributed by atoms with Crippen LogP contribution in [-0.4, -0.2) is 50.4 Å². The van der Waals surface area contributed by atoms with E-state index in [2.05, 4.69) is 30.5 Å². The minimum atomic E-state index is 0.00195. The highest BCUT2D eigenvalue weighted by atomic mass is 16.5. The van der Waals surface area contributed by atoms with Gasteiger partial charge in [0.25, 0.3) is 0 Å². The number of hydrogen-bond donors (Lipinski definition) is 1. The Bertz CT molecular complexity index is 950. The molecule has 3 aromatic rings. The van der Waals surface area contributed by atoms with Crippen molar-refractivity contribution in [2.75, 3.05) is 24.6 Å². The number of piperidine rings is 1. The highest BCUT2D eigenvalue weighted by molar-refractivity contribution is 5.79. The summed E-state index contributed by atoms with van der Waals surface area (Å²) in [6, 6.07) is 7.62. The Morgan fingerprint density at radius 1 is 1.29 bits per heavy atom. The summed E-state index contributed by atoms with van der Waals surface area (Å²) in [6.45, 7) is 4.46. The third-order valence-corrected chi connectivity index (χ3v) is 4.92. The van der Waals surface area contributed by atoms with Gasteiger partial charge < -0.3 is 15.0 Å². The molecular formula is C19H23N7O2. The van der Waals surface area contributed by atoms with E-state index < -0.39 is 0 Å². The van der Waals surface area contributed by atoms with Gasteiger partial charge in [-0.25, -0.2) is 4.98 Å². The van der Waals surface area contributed by atoms with Crippen molar-refractivity contribution in [1.82, 2.24) is 30.1 Å². The molecule has 4 rings (SSSR count). The molecule has 9 heteroatoms. The zero-order valence-corrected chi connectivity index (χ0v) is 15.8. The quantitative estimate of drug-likeness (QED) is 0.690. The van der Waals surface area contributed by atoms with Gasteiger partial charge in [-0.2, -0.15) is 4.52 Å². The lowest BCUT2D eigenvalue weighted by Crippen LogP contribution is -2.40. The van der Waals surface area contributed by atoms with Gasteiger partial charge >= 0.3 is 0 Å². The first-order valence-corrected chi connectivity index (χ1v) is 9.51. The van der Waals surface area contributed by atoms with E-state index in [1.807, 2.05) is 31.2 Å². The molecule has 9 nitrogen and oxygen atoms in total. The van der Waals surface area contributed by atoms with Crippen molar-refractivity contribution in [1.29, 1.82) is 0 Å². The summed E-state index contributed by atoms with van der Waals surface area (Å²) in [4.78, 5) is 19.0. The Morgan fingerprint density at radius 2 is 2.14 bits per heavy atom. The Morgan fingerprint density at radius 3 is 2.96 bits per heavy atom.